The quantitative estimate of drug-likeness (QED) is 0.714. The third-order valence-electron chi connectivity index (χ3n) is 6.65. The van der Waals surface area contributed by atoms with Crippen molar-refractivity contribution in [1.82, 2.24) is 24.0 Å². The molecule has 2 aromatic rings. The fourth-order valence-corrected chi connectivity index (χ4v) is 6.41. The molecule has 3 aliphatic heterocycles. The van der Waals surface area contributed by atoms with Crippen molar-refractivity contribution in [2.75, 3.05) is 19.6 Å². The number of carbonyl (C=O) groups is 1. The minimum absolute atomic E-state index is 0.0677. The molecule has 1 atom stereocenters. The summed E-state index contributed by atoms with van der Waals surface area (Å²) >= 11 is 0. The molecule has 10 heteroatoms. The van der Waals surface area contributed by atoms with Gasteiger partial charge in [-0.3, -0.25) is 4.79 Å². The zero-order valence-electron chi connectivity index (χ0n) is 17.7. The van der Waals surface area contributed by atoms with Gasteiger partial charge in [0.2, 0.25) is 5.09 Å². The van der Waals surface area contributed by atoms with Crippen molar-refractivity contribution in [2.24, 2.45) is 0 Å². The molecule has 2 fully saturated rings. The SMILES string of the molecule is O=C(c1ccc(S(=O)(=O)N2CCCCC2)o1)N1CCCC1c1nnc2n1CCCCC2. The van der Waals surface area contributed by atoms with Crippen LogP contribution in [0.1, 0.15) is 79.6 Å². The fraction of sp³-hybridized carbons (Fsp3) is 0.667. The molecule has 0 saturated carbocycles. The van der Waals surface area contributed by atoms with Crippen LogP contribution < -0.4 is 0 Å². The third kappa shape index (κ3) is 3.80. The Morgan fingerprint density at radius 3 is 2.55 bits per heavy atom. The lowest BCUT2D eigenvalue weighted by Gasteiger charge is -2.25. The first-order valence-electron chi connectivity index (χ1n) is 11.4. The van der Waals surface area contributed by atoms with Gasteiger partial charge in [0, 0.05) is 32.6 Å². The first kappa shape index (κ1) is 20.7. The predicted octanol–water partition coefficient (Wildman–Crippen LogP) is 2.75. The van der Waals surface area contributed by atoms with E-state index in [0.29, 0.717) is 19.6 Å². The Balaban J connectivity index is 1.37. The van der Waals surface area contributed by atoms with Gasteiger partial charge in [-0.1, -0.05) is 12.8 Å². The Labute approximate surface area is 182 Å². The van der Waals surface area contributed by atoms with E-state index < -0.39 is 10.0 Å². The lowest BCUT2D eigenvalue weighted by Crippen LogP contribution is -2.35. The van der Waals surface area contributed by atoms with Crippen LogP contribution in [-0.4, -0.2) is 57.9 Å². The van der Waals surface area contributed by atoms with Gasteiger partial charge < -0.3 is 13.9 Å². The molecule has 2 aromatic heterocycles. The van der Waals surface area contributed by atoms with Gasteiger partial charge in [-0.2, -0.15) is 4.31 Å². The summed E-state index contributed by atoms with van der Waals surface area (Å²) in [5.41, 5.74) is 0. The topological polar surface area (TPSA) is 102 Å². The van der Waals surface area contributed by atoms with Crippen molar-refractivity contribution >= 4 is 15.9 Å². The molecule has 168 valence electrons. The zero-order valence-corrected chi connectivity index (χ0v) is 18.5. The second kappa shape index (κ2) is 8.38. The van der Waals surface area contributed by atoms with E-state index in [2.05, 4.69) is 14.8 Å². The van der Waals surface area contributed by atoms with Crippen LogP contribution in [0.2, 0.25) is 0 Å². The number of furan rings is 1. The zero-order chi connectivity index (χ0) is 21.4. The highest BCUT2D eigenvalue weighted by Gasteiger charge is 2.37. The summed E-state index contributed by atoms with van der Waals surface area (Å²) < 4.78 is 35.0. The molecular weight excluding hydrogens is 418 g/mol. The lowest BCUT2D eigenvalue weighted by molar-refractivity contribution is 0.0688. The number of likely N-dealkylation sites (tertiary alicyclic amines) is 1. The average Bonchev–Trinajstić information content (AvgIpc) is 3.51. The van der Waals surface area contributed by atoms with Crippen molar-refractivity contribution in [3.05, 3.63) is 29.5 Å². The Hall–Kier alpha value is -2.20. The molecule has 1 amide bonds. The van der Waals surface area contributed by atoms with Crippen molar-refractivity contribution in [1.29, 1.82) is 0 Å². The maximum Gasteiger partial charge on any atom is 0.290 e. The summed E-state index contributed by atoms with van der Waals surface area (Å²) in [6.07, 6.45) is 8.74. The van der Waals surface area contributed by atoms with Gasteiger partial charge in [0.1, 0.15) is 5.82 Å². The molecule has 3 aliphatic rings. The molecule has 31 heavy (non-hydrogen) atoms. The molecule has 9 nitrogen and oxygen atoms in total. The van der Waals surface area contributed by atoms with Crippen molar-refractivity contribution < 1.29 is 17.6 Å². The minimum atomic E-state index is -3.70. The van der Waals surface area contributed by atoms with Crippen molar-refractivity contribution in [3.63, 3.8) is 0 Å². The van der Waals surface area contributed by atoms with Gasteiger partial charge in [0.15, 0.2) is 11.6 Å². The smallest absolute Gasteiger partial charge is 0.290 e. The predicted molar refractivity (Wildman–Crippen MR) is 112 cm³/mol. The van der Waals surface area contributed by atoms with Crippen LogP contribution in [0, 0.1) is 0 Å². The highest BCUT2D eigenvalue weighted by molar-refractivity contribution is 7.89. The summed E-state index contributed by atoms with van der Waals surface area (Å²) in [4.78, 5) is 15.0. The second-order valence-corrected chi connectivity index (χ2v) is 10.5. The Kier molecular flexibility index (Phi) is 5.60. The molecule has 0 N–H and O–H groups in total. The number of hydrogen-bond donors (Lipinski definition) is 0. The van der Waals surface area contributed by atoms with Crippen LogP contribution in [0.15, 0.2) is 21.6 Å². The highest BCUT2D eigenvalue weighted by Crippen LogP contribution is 2.34. The summed E-state index contributed by atoms with van der Waals surface area (Å²) in [5.74, 6) is 1.63. The first-order valence-corrected chi connectivity index (χ1v) is 12.8. The van der Waals surface area contributed by atoms with E-state index in [1.54, 1.807) is 4.90 Å². The number of aryl methyl sites for hydroxylation is 1. The number of sulfonamides is 1. The van der Waals surface area contributed by atoms with E-state index in [9.17, 15) is 13.2 Å². The van der Waals surface area contributed by atoms with Crippen LogP contribution in [0.5, 0.6) is 0 Å². The molecule has 5 heterocycles. The molecule has 0 aliphatic carbocycles. The average molecular weight is 448 g/mol. The van der Waals surface area contributed by atoms with E-state index in [4.69, 9.17) is 4.42 Å². The van der Waals surface area contributed by atoms with Crippen LogP contribution in [0.4, 0.5) is 0 Å². The minimum Gasteiger partial charge on any atom is -0.438 e. The number of hydrogen-bond acceptors (Lipinski definition) is 6. The fourth-order valence-electron chi connectivity index (χ4n) is 4.98. The normalized spacial score (nSPS) is 23.0. The third-order valence-corrected chi connectivity index (χ3v) is 8.42. The number of carbonyl (C=O) groups excluding carboxylic acids is 1. The van der Waals surface area contributed by atoms with Gasteiger partial charge in [0.25, 0.3) is 15.9 Å². The van der Waals surface area contributed by atoms with Crippen LogP contribution >= 0.6 is 0 Å². The van der Waals surface area contributed by atoms with E-state index in [1.165, 1.54) is 22.9 Å². The maximum atomic E-state index is 13.3. The first-order chi connectivity index (χ1) is 15.1. The van der Waals surface area contributed by atoms with Crippen LogP contribution in [-0.2, 0) is 23.0 Å². The van der Waals surface area contributed by atoms with Gasteiger partial charge in [0.05, 0.1) is 6.04 Å². The molecule has 2 saturated heterocycles. The lowest BCUT2D eigenvalue weighted by atomic mass is 10.2. The molecular formula is C21H29N5O4S. The Morgan fingerprint density at radius 1 is 0.935 bits per heavy atom. The molecule has 0 aromatic carbocycles. The molecule has 5 rings (SSSR count). The van der Waals surface area contributed by atoms with Gasteiger partial charge in [-0.05, 0) is 50.7 Å². The Bertz CT molecular complexity index is 1050. The monoisotopic (exact) mass is 447 g/mol. The summed E-state index contributed by atoms with van der Waals surface area (Å²) in [6.45, 7) is 2.48. The largest absolute Gasteiger partial charge is 0.438 e. The maximum absolute atomic E-state index is 13.3. The summed E-state index contributed by atoms with van der Waals surface area (Å²) in [6, 6.07) is 2.74. The van der Waals surface area contributed by atoms with Crippen LogP contribution in [0.3, 0.4) is 0 Å². The van der Waals surface area contributed by atoms with Crippen molar-refractivity contribution in [3.8, 4) is 0 Å². The summed E-state index contributed by atoms with van der Waals surface area (Å²) in [5, 5.41) is 8.67. The Morgan fingerprint density at radius 2 is 1.71 bits per heavy atom. The number of aromatic nitrogens is 3. The number of amides is 1. The molecule has 0 spiro atoms. The van der Waals surface area contributed by atoms with Crippen molar-refractivity contribution in [2.45, 2.75) is 75.5 Å². The second-order valence-electron chi connectivity index (χ2n) is 8.68. The van der Waals surface area contributed by atoms with E-state index in [1.807, 2.05) is 0 Å². The highest BCUT2D eigenvalue weighted by atomic mass is 32.2. The standard InChI is InChI=1S/C21H29N5O4S/c27-21(17-10-11-19(30-17)31(28,29)24-12-4-2-5-13-24)25-15-7-8-16(25)20-23-22-18-9-3-1-6-14-26(18)20/h10-11,16H,1-9,12-15H2. The van der Waals surface area contributed by atoms with Gasteiger partial charge >= 0.3 is 0 Å². The number of nitrogens with zero attached hydrogens (tertiary/aromatic N) is 5. The van der Waals surface area contributed by atoms with E-state index >= 15 is 0 Å². The molecule has 0 bridgehead atoms. The molecule has 0 radical (unpaired) electrons. The number of fused-ring (bicyclic) bond motifs is 1. The van der Waals surface area contributed by atoms with Gasteiger partial charge in [-0.25, -0.2) is 8.42 Å². The van der Waals surface area contributed by atoms with E-state index in [-0.39, 0.29) is 22.8 Å². The molecule has 1 unspecified atom stereocenters. The van der Waals surface area contributed by atoms with Crippen LogP contribution in [0.25, 0.3) is 0 Å². The summed E-state index contributed by atoms with van der Waals surface area (Å²) in [7, 11) is -3.70. The van der Waals surface area contributed by atoms with E-state index in [0.717, 1.165) is 69.6 Å². The van der Waals surface area contributed by atoms with Gasteiger partial charge in [-0.15, -0.1) is 10.2 Å². The number of piperidine rings is 1. The number of rotatable bonds is 4.